The Bertz CT molecular complexity index is 2520. The highest BCUT2D eigenvalue weighted by atomic mass is 15.2. The van der Waals surface area contributed by atoms with E-state index in [1.165, 1.54) is 78.2 Å². The summed E-state index contributed by atoms with van der Waals surface area (Å²) in [6.45, 7) is 8.00. The Morgan fingerprint density at radius 3 is 1.61 bits per heavy atom. The van der Waals surface area contributed by atoms with E-state index < -0.39 is 0 Å². The topological polar surface area (TPSA) is 8.17 Å². The average Bonchev–Trinajstić information content (AvgIpc) is 3.79. The van der Waals surface area contributed by atoms with Gasteiger partial charge in [-0.1, -0.05) is 179 Å². The molecule has 2 heteroatoms. The molecule has 54 heavy (non-hydrogen) atoms. The minimum Gasteiger partial charge on any atom is -0.333 e. The van der Waals surface area contributed by atoms with Gasteiger partial charge in [0.15, 0.2) is 0 Å². The molecule has 2 atom stereocenters. The lowest BCUT2D eigenvalue weighted by Crippen LogP contribution is -2.30. The summed E-state index contributed by atoms with van der Waals surface area (Å²) >= 11 is 0. The zero-order valence-corrected chi connectivity index (χ0v) is 31.5. The monoisotopic (exact) mass is 698 g/mol. The van der Waals surface area contributed by atoms with Gasteiger partial charge in [-0.05, 0) is 87.0 Å². The van der Waals surface area contributed by atoms with Gasteiger partial charge in [0.05, 0.1) is 17.3 Å². The number of rotatable bonds is 5. The van der Waals surface area contributed by atoms with Crippen LogP contribution < -0.4 is 4.90 Å². The fourth-order valence-electron chi connectivity index (χ4n) is 8.30. The molecule has 0 radical (unpaired) electrons. The van der Waals surface area contributed by atoms with Crippen molar-refractivity contribution in [2.75, 3.05) is 4.90 Å². The van der Waals surface area contributed by atoms with Crippen LogP contribution in [-0.2, 0) is 0 Å². The SMILES string of the molecule is C1=CC2C(c3ccccc3N2c2cccc(-c3ccc(-c4ccccc4)cc3)c2)c2c1n(-c1ccc(-c3ccccc3)cc1)c1ccccc21.CC.CC. The Kier molecular flexibility index (Phi) is 9.83. The second kappa shape index (κ2) is 15.3. The van der Waals surface area contributed by atoms with Crippen LogP contribution in [0.1, 0.15) is 50.4 Å². The molecule has 10 rings (SSSR count). The van der Waals surface area contributed by atoms with Crippen molar-refractivity contribution in [2.45, 2.75) is 39.7 Å². The first-order valence-corrected chi connectivity index (χ1v) is 19.4. The summed E-state index contributed by atoms with van der Waals surface area (Å²) < 4.78 is 2.46. The Labute approximate surface area is 320 Å². The Morgan fingerprint density at radius 2 is 0.944 bits per heavy atom. The van der Waals surface area contributed by atoms with Crippen molar-refractivity contribution in [1.29, 1.82) is 0 Å². The van der Waals surface area contributed by atoms with E-state index in [4.69, 9.17) is 0 Å². The lowest BCUT2D eigenvalue weighted by Gasteiger charge is -2.31. The van der Waals surface area contributed by atoms with Crippen LogP contribution in [0, 0.1) is 0 Å². The van der Waals surface area contributed by atoms with Gasteiger partial charge in [-0.3, -0.25) is 0 Å². The average molecular weight is 699 g/mol. The third kappa shape index (κ3) is 6.04. The van der Waals surface area contributed by atoms with Crippen LogP contribution in [0.15, 0.2) is 188 Å². The van der Waals surface area contributed by atoms with Gasteiger partial charge in [-0.2, -0.15) is 0 Å². The zero-order valence-electron chi connectivity index (χ0n) is 31.5. The molecule has 1 aliphatic heterocycles. The first kappa shape index (κ1) is 34.7. The highest BCUT2D eigenvalue weighted by Crippen LogP contribution is 2.54. The summed E-state index contributed by atoms with van der Waals surface area (Å²) in [7, 11) is 0. The molecular weight excluding hydrogens is 653 g/mol. The lowest BCUT2D eigenvalue weighted by molar-refractivity contribution is 0.725. The van der Waals surface area contributed by atoms with Crippen molar-refractivity contribution in [1.82, 2.24) is 4.57 Å². The van der Waals surface area contributed by atoms with Gasteiger partial charge in [-0.25, -0.2) is 0 Å². The van der Waals surface area contributed by atoms with Gasteiger partial charge in [-0.15, -0.1) is 0 Å². The maximum atomic E-state index is 2.56. The predicted octanol–water partition coefficient (Wildman–Crippen LogP) is 14.4. The fraction of sp³-hybridized carbons (Fsp3) is 0.115. The number of aromatic nitrogens is 1. The minimum atomic E-state index is 0.162. The van der Waals surface area contributed by atoms with E-state index in [1.807, 2.05) is 27.7 Å². The van der Waals surface area contributed by atoms with Crippen LogP contribution in [0.4, 0.5) is 11.4 Å². The van der Waals surface area contributed by atoms with Gasteiger partial charge >= 0.3 is 0 Å². The standard InChI is InChI=1S/C48H34N2.2C2H6/c1-3-12-33(13-4-1)35-22-24-37(25-23-35)38-16-11-17-40(32-38)50-44-21-10-8-19-42(44)48-46(50)31-30-45-47(48)41-18-7-9-20-43(41)49(45)39-28-26-36(27-29-39)34-14-5-2-6-15-34;2*1-2/h1-32,46,48H;2*1-2H3. The van der Waals surface area contributed by atoms with Crippen molar-refractivity contribution >= 4 is 28.4 Å². The molecule has 0 N–H and O–H groups in total. The first-order valence-electron chi connectivity index (χ1n) is 19.4. The van der Waals surface area contributed by atoms with Gasteiger partial charge in [0, 0.05) is 28.4 Å². The van der Waals surface area contributed by atoms with Crippen LogP contribution in [0.5, 0.6) is 0 Å². The van der Waals surface area contributed by atoms with Crippen molar-refractivity contribution in [3.8, 4) is 39.1 Å². The molecule has 0 fully saturated rings. The van der Waals surface area contributed by atoms with Crippen LogP contribution in [0.3, 0.4) is 0 Å². The summed E-state index contributed by atoms with van der Waals surface area (Å²) in [5.74, 6) is 0.203. The zero-order chi connectivity index (χ0) is 37.0. The van der Waals surface area contributed by atoms with Crippen molar-refractivity contribution in [2.24, 2.45) is 0 Å². The van der Waals surface area contributed by atoms with Gasteiger partial charge in [0.25, 0.3) is 0 Å². The second-order valence-corrected chi connectivity index (χ2v) is 13.3. The number of anilines is 2. The van der Waals surface area contributed by atoms with E-state index in [2.05, 4.69) is 204 Å². The summed E-state index contributed by atoms with van der Waals surface area (Å²) in [5.41, 5.74) is 16.3. The quantitative estimate of drug-likeness (QED) is 0.174. The molecule has 8 aromatic rings. The molecule has 1 aromatic heterocycles. The van der Waals surface area contributed by atoms with E-state index >= 15 is 0 Å². The molecule has 264 valence electrons. The lowest BCUT2D eigenvalue weighted by atomic mass is 9.82. The molecule has 2 unspecified atom stereocenters. The number of nitrogens with zero attached hydrogens (tertiary/aromatic N) is 2. The number of hydrogen-bond donors (Lipinski definition) is 0. The maximum Gasteiger partial charge on any atom is 0.0637 e. The second-order valence-electron chi connectivity index (χ2n) is 13.3. The van der Waals surface area contributed by atoms with E-state index in [9.17, 15) is 0 Å². The van der Waals surface area contributed by atoms with Gasteiger partial charge in [0.1, 0.15) is 0 Å². The molecule has 0 saturated carbocycles. The molecule has 0 bridgehead atoms. The molecule has 2 heterocycles. The third-order valence-corrected chi connectivity index (χ3v) is 10.6. The molecule has 0 spiro atoms. The smallest absolute Gasteiger partial charge is 0.0637 e. The molecular formula is C52H46N2. The van der Waals surface area contributed by atoms with Crippen LogP contribution >= 0.6 is 0 Å². The van der Waals surface area contributed by atoms with E-state index in [-0.39, 0.29) is 12.0 Å². The highest BCUT2D eigenvalue weighted by molar-refractivity contribution is 5.94. The van der Waals surface area contributed by atoms with E-state index in [0.717, 1.165) is 0 Å². The van der Waals surface area contributed by atoms with Gasteiger partial charge < -0.3 is 9.47 Å². The highest BCUT2D eigenvalue weighted by Gasteiger charge is 2.43. The van der Waals surface area contributed by atoms with Crippen LogP contribution in [0.2, 0.25) is 0 Å². The summed E-state index contributed by atoms with van der Waals surface area (Å²) in [4.78, 5) is 2.56. The Morgan fingerprint density at radius 1 is 0.426 bits per heavy atom. The Hall–Kier alpha value is -6.38. The van der Waals surface area contributed by atoms with Crippen molar-refractivity contribution in [3.63, 3.8) is 0 Å². The molecule has 7 aromatic carbocycles. The van der Waals surface area contributed by atoms with Crippen molar-refractivity contribution < 1.29 is 0 Å². The fourth-order valence-corrected chi connectivity index (χ4v) is 8.30. The molecule has 1 aliphatic carbocycles. The predicted molar refractivity (Wildman–Crippen MR) is 232 cm³/mol. The number of fused-ring (bicyclic) bond motifs is 7. The third-order valence-electron chi connectivity index (χ3n) is 10.6. The van der Waals surface area contributed by atoms with E-state index in [0.29, 0.717) is 0 Å². The summed E-state index contributed by atoms with van der Waals surface area (Å²) in [5, 5.41) is 1.32. The Balaban J connectivity index is 0.00000100. The van der Waals surface area contributed by atoms with Gasteiger partial charge in [0.2, 0.25) is 0 Å². The molecule has 2 nitrogen and oxygen atoms in total. The van der Waals surface area contributed by atoms with Crippen LogP contribution in [0.25, 0.3) is 56.0 Å². The number of hydrogen-bond acceptors (Lipinski definition) is 1. The number of para-hydroxylation sites is 2. The number of benzene rings is 7. The largest absolute Gasteiger partial charge is 0.333 e. The van der Waals surface area contributed by atoms with Crippen molar-refractivity contribution in [3.05, 3.63) is 205 Å². The van der Waals surface area contributed by atoms with Crippen LogP contribution in [-0.4, -0.2) is 10.6 Å². The van der Waals surface area contributed by atoms with E-state index in [1.54, 1.807) is 0 Å². The normalized spacial score (nSPS) is 14.9. The minimum absolute atomic E-state index is 0.162. The summed E-state index contributed by atoms with van der Waals surface area (Å²) in [6, 6.07) is 66.3. The molecule has 0 saturated heterocycles. The maximum absolute atomic E-state index is 2.56. The first-order chi connectivity index (χ1) is 26.8. The summed E-state index contributed by atoms with van der Waals surface area (Å²) in [6.07, 6.45) is 4.80. The molecule has 2 aliphatic rings. The molecule has 0 amide bonds.